The summed E-state index contributed by atoms with van der Waals surface area (Å²) in [7, 11) is 0. The van der Waals surface area contributed by atoms with Crippen LogP contribution in [0.5, 0.6) is 0 Å². The predicted octanol–water partition coefficient (Wildman–Crippen LogP) is 1.53. The Hall–Kier alpha value is -1.59. The van der Waals surface area contributed by atoms with Crippen LogP contribution in [-0.4, -0.2) is 10.9 Å². The van der Waals surface area contributed by atoms with Crippen LogP contribution in [0.25, 0.3) is 0 Å². The van der Waals surface area contributed by atoms with Gasteiger partial charge < -0.3 is 5.73 Å². The largest absolute Gasteiger partial charge is 0.417 e. The highest BCUT2D eigenvalue weighted by molar-refractivity contribution is 5.75. The summed E-state index contributed by atoms with van der Waals surface area (Å²) >= 11 is 0. The fraction of sp³-hybridized carbons (Fsp3) is 0.222. The Morgan fingerprint density at radius 2 is 2.13 bits per heavy atom. The molecule has 0 aromatic carbocycles. The summed E-state index contributed by atoms with van der Waals surface area (Å²) in [6.45, 7) is 0. The van der Waals surface area contributed by atoms with Crippen molar-refractivity contribution in [1.82, 2.24) is 4.98 Å². The van der Waals surface area contributed by atoms with Crippen LogP contribution in [-0.2, 0) is 11.0 Å². The molecule has 15 heavy (non-hydrogen) atoms. The number of aromatic nitrogens is 1. The minimum atomic E-state index is -4.43. The highest BCUT2D eigenvalue weighted by atomic mass is 19.4. The second-order valence-corrected chi connectivity index (χ2v) is 2.88. The summed E-state index contributed by atoms with van der Waals surface area (Å²) in [6, 6.07) is 0.913. The summed E-state index contributed by atoms with van der Waals surface area (Å²) in [5.74, 6) is -0.604. The van der Waals surface area contributed by atoms with Crippen LogP contribution in [0.1, 0.15) is 17.5 Å². The van der Waals surface area contributed by atoms with Crippen LogP contribution in [0.2, 0.25) is 0 Å². The Morgan fingerprint density at radius 1 is 1.47 bits per heavy atom. The highest BCUT2D eigenvalue weighted by Crippen LogP contribution is 2.29. The number of pyridine rings is 1. The van der Waals surface area contributed by atoms with E-state index in [4.69, 9.17) is 5.73 Å². The quantitative estimate of drug-likeness (QED) is 0.834. The molecule has 1 heterocycles. The number of amides is 1. The summed E-state index contributed by atoms with van der Waals surface area (Å²) in [4.78, 5) is 13.8. The maximum Gasteiger partial charge on any atom is 0.417 e. The Bertz CT molecular complexity index is 363. The molecule has 0 spiro atoms. The van der Waals surface area contributed by atoms with Gasteiger partial charge in [0.2, 0.25) is 5.91 Å². The van der Waals surface area contributed by atoms with Crippen molar-refractivity contribution in [3.8, 4) is 0 Å². The lowest BCUT2D eigenvalue weighted by atomic mass is 10.1. The third-order valence-electron chi connectivity index (χ3n) is 1.63. The topological polar surface area (TPSA) is 56.0 Å². The zero-order chi connectivity index (χ0) is 11.5. The minimum absolute atomic E-state index is 0.108. The van der Waals surface area contributed by atoms with Gasteiger partial charge in [0.05, 0.1) is 5.56 Å². The number of halogens is 3. The van der Waals surface area contributed by atoms with Crippen molar-refractivity contribution in [1.29, 1.82) is 0 Å². The van der Waals surface area contributed by atoms with E-state index < -0.39 is 17.6 Å². The smallest absolute Gasteiger partial charge is 0.370 e. The molecule has 1 aromatic heterocycles. The zero-order valence-electron chi connectivity index (χ0n) is 7.58. The standard InChI is InChI=1S/C9H8F3N2O/c10-9(11,12)7-3-6(4-14-5-7)1-2-8(13)15/h1,3-5H,2H2,(H2,13,15). The molecule has 1 rings (SSSR count). The van der Waals surface area contributed by atoms with E-state index in [1.54, 1.807) is 0 Å². The molecule has 1 aromatic rings. The number of hydrogen-bond acceptors (Lipinski definition) is 2. The number of primary amides is 1. The van der Waals surface area contributed by atoms with Gasteiger partial charge in [0, 0.05) is 25.2 Å². The van der Waals surface area contributed by atoms with Gasteiger partial charge in [0.25, 0.3) is 0 Å². The average Bonchev–Trinajstić information content (AvgIpc) is 2.14. The first-order valence-electron chi connectivity index (χ1n) is 4.03. The summed E-state index contributed by atoms with van der Waals surface area (Å²) in [5, 5.41) is 0. The first-order chi connectivity index (χ1) is 6.89. The Kier molecular flexibility index (Phi) is 3.28. The maximum absolute atomic E-state index is 12.2. The third-order valence-corrected chi connectivity index (χ3v) is 1.63. The number of nitrogens with zero attached hydrogens (tertiary/aromatic N) is 1. The van der Waals surface area contributed by atoms with E-state index in [0.29, 0.717) is 0 Å². The van der Waals surface area contributed by atoms with Gasteiger partial charge in [0.1, 0.15) is 0 Å². The van der Waals surface area contributed by atoms with E-state index in [1.165, 1.54) is 12.6 Å². The van der Waals surface area contributed by atoms with Crippen molar-refractivity contribution in [2.45, 2.75) is 12.6 Å². The van der Waals surface area contributed by atoms with Gasteiger partial charge in [-0.25, -0.2) is 0 Å². The predicted molar refractivity (Wildman–Crippen MR) is 46.5 cm³/mol. The highest BCUT2D eigenvalue weighted by Gasteiger charge is 2.30. The van der Waals surface area contributed by atoms with E-state index in [0.717, 1.165) is 12.3 Å². The number of rotatable bonds is 3. The van der Waals surface area contributed by atoms with Crippen molar-refractivity contribution in [2.75, 3.05) is 0 Å². The third kappa shape index (κ3) is 3.57. The number of alkyl halides is 3. The van der Waals surface area contributed by atoms with Crippen molar-refractivity contribution < 1.29 is 18.0 Å². The van der Waals surface area contributed by atoms with Gasteiger partial charge in [-0.3, -0.25) is 9.78 Å². The molecule has 0 aliphatic carbocycles. The summed E-state index contributed by atoms with van der Waals surface area (Å²) in [5.41, 5.74) is 4.23. The molecule has 0 saturated carbocycles. The van der Waals surface area contributed by atoms with E-state index in [9.17, 15) is 18.0 Å². The van der Waals surface area contributed by atoms with E-state index in [-0.39, 0.29) is 12.0 Å². The fourth-order valence-corrected chi connectivity index (χ4v) is 0.943. The molecule has 0 aliphatic heterocycles. The second-order valence-electron chi connectivity index (χ2n) is 2.88. The molecule has 6 heteroatoms. The molecule has 0 aliphatic rings. The van der Waals surface area contributed by atoms with Gasteiger partial charge >= 0.3 is 6.18 Å². The Balaban J connectivity index is 2.79. The lowest BCUT2D eigenvalue weighted by Crippen LogP contribution is -2.11. The Morgan fingerprint density at radius 3 is 2.67 bits per heavy atom. The monoisotopic (exact) mass is 217 g/mol. The van der Waals surface area contributed by atoms with Crippen LogP contribution >= 0.6 is 0 Å². The van der Waals surface area contributed by atoms with Gasteiger partial charge in [0.15, 0.2) is 0 Å². The van der Waals surface area contributed by atoms with Crippen molar-refractivity contribution in [3.63, 3.8) is 0 Å². The first kappa shape index (κ1) is 11.5. The number of carbonyl (C=O) groups excluding carboxylic acids is 1. The van der Waals surface area contributed by atoms with Crippen LogP contribution in [0.3, 0.4) is 0 Å². The minimum Gasteiger partial charge on any atom is -0.370 e. The van der Waals surface area contributed by atoms with Gasteiger partial charge in [-0.2, -0.15) is 13.2 Å². The van der Waals surface area contributed by atoms with E-state index in [2.05, 4.69) is 4.98 Å². The summed E-state index contributed by atoms with van der Waals surface area (Å²) < 4.78 is 36.7. The second kappa shape index (κ2) is 4.29. The zero-order valence-corrected chi connectivity index (χ0v) is 7.58. The SMILES string of the molecule is NC(=O)C[CH]c1cncc(C(F)(F)F)c1. The van der Waals surface area contributed by atoms with Crippen LogP contribution < -0.4 is 5.73 Å². The van der Waals surface area contributed by atoms with Gasteiger partial charge in [-0.15, -0.1) is 0 Å². The van der Waals surface area contributed by atoms with Gasteiger partial charge in [-0.1, -0.05) is 0 Å². The van der Waals surface area contributed by atoms with Gasteiger partial charge in [-0.05, 0) is 11.6 Å². The first-order valence-corrected chi connectivity index (χ1v) is 4.03. The summed E-state index contributed by atoms with van der Waals surface area (Å²) in [6.07, 6.45) is -1.28. The average molecular weight is 217 g/mol. The van der Waals surface area contributed by atoms with E-state index in [1.807, 2.05) is 0 Å². The van der Waals surface area contributed by atoms with Crippen molar-refractivity contribution >= 4 is 5.91 Å². The lowest BCUT2D eigenvalue weighted by Gasteiger charge is -2.07. The van der Waals surface area contributed by atoms with Crippen molar-refractivity contribution in [3.05, 3.63) is 36.0 Å². The number of carbonyl (C=O) groups is 1. The molecule has 0 bridgehead atoms. The lowest BCUT2D eigenvalue weighted by molar-refractivity contribution is -0.137. The number of hydrogen-bond donors (Lipinski definition) is 1. The molecule has 3 nitrogen and oxygen atoms in total. The molecule has 0 atom stereocenters. The maximum atomic E-state index is 12.2. The van der Waals surface area contributed by atoms with E-state index >= 15 is 0 Å². The molecule has 0 saturated heterocycles. The molecule has 0 fully saturated rings. The molecule has 81 valence electrons. The van der Waals surface area contributed by atoms with Crippen molar-refractivity contribution in [2.24, 2.45) is 5.73 Å². The Labute approximate surface area is 84.1 Å². The fourth-order valence-electron chi connectivity index (χ4n) is 0.943. The molecular weight excluding hydrogens is 209 g/mol. The number of nitrogens with two attached hydrogens (primary N) is 1. The van der Waals surface area contributed by atoms with Crippen LogP contribution in [0.4, 0.5) is 13.2 Å². The molecule has 1 amide bonds. The normalized spacial score (nSPS) is 11.4. The van der Waals surface area contributed by atoms with Crippen LogP contribution in [0, 0.1) is 6.42 Å². The molecule has 1 radical (unpaired) electrons. The molecule has 2 N–H and O–H groups in total. The van der Waals surface area contributed by atoms with Crippen LogP contribution in [0.15, 0.2) is 18.5 Å². The molecular formula is C9H8F3N2O. The molecule has 0 unspecified atom stereocenters.